The summed E-state index contributed by atoms with van der Waals surface area (Å²) in [5.74, 6) is 0.723. The van der Waals surface area contributed by atoms with Crippen LogP contribution in [0.1, 0.15) is 12.5 Å². The molecule has 0 fully saturated rings. The van der Waals surface area contributed by atoms with Crippen LogP contribution in [0.2, 0.25) is 0 Å². The van der Waals surface area contributed by atoms with Crippen LogP contribution < -0.4 is 9.46 Å². The molecule has 1 aromatic carbocycles. The molecule has 17 heavy (non-hydrogen) atoms. The summed E-state index contributed by atoms with van der Waals surface area (Å²) in [6.07, 6.45) is 0. The Hall–Kier alpha value is -1.11. The van der Waals surface area contributed by atoms with Crippen LogP contribution in [0.25, 0.3) is 0 Å². The second-order valence-electron chi connectivity index (χ2n) is 3.71. The average Bonchev–Trinajstić information content (AvgIpc) is 2.36. The first kappa shape index (κ1) is 14.0. The number of hydrogen-bond acceptors (Lipinski definition) is 4. The Labute approximate surface area is 101 Å². The predicted molar refractivity (Wildman–Crippen MR) is 65.3 cm³/mol. The number of sulfonamides is 1. The molecule has 1 aromatic rings. The highest BCUT2D eigenvalue weighted by molar-refractivity contribution is 7.90. The van der Waals surface area contributed by atoms with E-state index >= 15 is 0 Å². The van der Waals surface area contributed by atoms with E-state index in [4.69, 9.17) is 9.84 Å². The molecule has 0 aromatic heterocycles. The zero-order chi connectivity index (χ0) is 12.9. The Morgan fingerprint density at radius 3 is 2.41 bits per heavy atom. The van der Waals surface area contributed by atoms with E-state index in [-0.39, 0.29) is 6.54 Å². The molecule has 1 atom stereocenters. The summed E-state index contributed by atoms with van der Waals surface area (Å²) in [5.41, 5.74) is 0.833. The lowest BCUT2D eigenvalue weighted by Gasteiger charge is -2.11. The lowest BCUT2D eigenvalue weighted by molar-refractivity contribution is 0.294. The van der Waals surface area contributed by atoms with Crippen LogP contribution >= 0.6 is 0 Å². The van der Waals surface area contributed by atoms with Gasteiger partial charge < -0.3 is 9.84 Å². The number of ether oxygens (including phenoxy) is 1. The van der Waals surface area contributed by atoms with Crippen LogP contribution in [-0.2, 0) is 16.6 Å². The molecule has 1 unspecified atom stereocenters. The number of hydrogen-bond donors (Lipinski definition) is 2. The molecule has 0 bridgehead atoms. The fourth-order valence-electron chi connectivity index (χ4n) is 1.17. The topological polar surface area (TPSA) is 75.6 Å². The van der Waals surface area contributed by atoms with Crippen molar-refractivity contribution in [3.63, 3.8) is 0 Å². The van der Waals surface area contributed by atoms with Crippen LogP contribution in [-0.4, -0.2) is 32.5 Å². The number of rotatable bonds is 6. The molecule has 0 saturated carbocycles. The third-order valence-corrected chi connectivity index (χ3v) is 4.18. The summed E-state index contributed by atoms with van der Waals surface area (Å²) in [4.78, 5) is 0. The van der Waals surface area contributed by atoms with Gasteiger partial charge in [0.05, 0.1) is 19.0 Å². The molecule has 6 heteroatoms. The van der Waals surface area contributed by atoms with E-state index in [2.05, 4.69) is 4.72 Å². The third-order valence-electron chi connectivity index (χ3n) is 2.42. The molecule has 0 aliphatic rings. The van der Waals surface area contributed by atoms with Crippen LogP contribution in [0.4, 0.5) is 0 Å². The highest BCUT2D eigenvalue weighted by atomic mass is 32.2. The number of methoxy groups -OCH3 is 1. The van der Waals surface area contributed by atoms with Gasteiger partial charge in [-0.3, -0.25) is 0 Å². The van der Waals surface area contributed by atoms with Crippen molar-refractivity contribution in [2.75, 3.05) is 13.7 Å². The largest absolute Gasteiger partial charge is 0.497 e. The zero-order valence-electron chi connectivity index (χ0n) is 9.88. The minimum absolute atomic E-state index is 0.205. The summed E-state index contributed by atoms with van der Waals surface area (Å²) in [6.45, 7) is 1.27. The van der Waals surface area contributed by atoms with Crippen molar-refractivity contribution in [3.05, 3.63) is 29.8 Å². The highest BCUT2D eigenvalue weighted by Gasteiger charge is 2.18. The molecule has 96 valence electrons. The highest BCUT2D eigenvalue weighted by Crippen LogP contribution is 2.11. The van der Waals surface area contributed by atoms with Crippen molar-refractivity contribution in [1.82, 2.24) is 4.72 Å². The average molecular weight is 259 g/mol. The van der Waals surface area contributed by atoms with Gasteiger partial charge in [-0.05, 0) is 24.6 Å². The molecule has 5 nitrogen and oxygen atoms in total. The molecule has 0 amide bonds. The Kier molecular flexibility index (Phi) is 4.92. The van der Waals surface area contributed by atoms with Crippen molar-refractivity contribution in [2.45, 2.75) is 18.7 Å². The monoisotopic (exact) mass is 259 g/mol. The first-order valence-corrected chi connectivity index (χ1v) is 6.76. The zero-order valence-corrected chi connectivity index (χ0v) is 10.7. The minimum atomic E-state index is -3.46. The van der Waals surface area contributed by atoms with E-state index in [0.29, 0.717) is 0 Å². The predicted octanol–water partition coefficient (Wildman–Crippen LogP) is 0.495. The maximum atomic E-state index is 11.6. The van der Waals surface area contributed by atoms with Gasteiger partial charge in [0.15, 0.2) is 0 Å². The maximum Gasteiger partial charge on any atom is 0.216 e. The van der Waals surface area contributed by atoms with Crippen molar-refractivity contribution in [2.24, 2.45) is 0 Å². The fraction of sp³-hybridized carbons (Fsp3) is 0.455. The van der Waals surface area contributed by atoms with E-state index in [9.17, 15) is 8.42 Å². The SMILES string of the molecule is COc1ccc(CNS(=O)(=O)C(C)CO)cc1. The smallest absolute Gasteiger partial charge is 0.216 e. The summed E-state index contributed by atoms with van der Waals surface area (Å²) < 4.78 is 30.6. The quantitative estimate of drug-likeness (QED) is 0.780. The summed E-state index contributed by atoms with van der Waals surface area (Å²) in [6, 6.07) is 7.09. The van der Waals surface area contributed by atoms with Gasteiger partial charge in [0, 0.05) is 6.54 Å². The molecule has 0 aliphatic heterocycles. The van der Waals surface area contributed by atoms with E-state index in [1.807, 2.05) is 0 Å². The van der Waals surface area contributed by atoms with E-state index < -0.39 is 21.9 Å². The second kappa shape index (κ2) is 6.00. The first-order valence-electron chi connectivity index (χ1n) is 5.22. The molecule has 0 radical (unpaired) electrons. The van der Waals surface area contributed by atoms with E-state index in [0.717, 1.165) is 11.3 Å². The fourth-order valence-corrected chi connectivity index (χ4v) is 2.02. The lowest BCUT2D eigenvalue weighted by Crippen LogP contribution is -2.34. The number of nitrogens with one attached hydrogen (secondary N) is 1. The minimum Gasteiger partial charge on any atom is -0.497 e. The second-order valence-corrected chi connectivity index (χ2v) is 5.89. The molecule has 0 spiro atoms. The number of benzene rings is 1. The lowest BCUT2D eigenvalue weighted by atomic mass is 10.2. The van der Waals surface area contributed by atoms with Gasteiger partial charge in [-0.2, -0.15) is 0 Å². The van der Waals surface area contributed by atoms with Gasteiger partial charge in [0.2, 0.25) is 10.0 Å². The van der Waals surface area contributed by atoms with Gasteiger partial charge in [0.1, 0.15) is 5.75 Å². The van der Waals surface area contributed by atoms with E-state index in [1.54, 1.807) is 31.4 Å². The van der Waals surface area contributed by atoms with Crippen LogP contribution in [0.5, 0.6) is 5.75 Å². The Morgan fingerprint density at radius 2 is 1.94 bits per heavy atom. The standard InChI is InChI=1S/C11H17NO4S/c1-9(8-13)17(14,15)12-7-10-3-5-11(16-2)6-4-10/h3-6,9,12-13H,7-8H2,1-2H3. The Balaban J connectivity index is 2.61. The van der Waals surface area contributed by atoms with Gasteiger partial charge >= 0.3 is 0 Å². The van der Waals surface area contributed by atoms with Gasteiger partial charge in [-0.15, -0.1) is 0 Å². The van der Waals surface area contributed by atoms with Crippen LogP contribution in [0.15, 0.2) is 24.3 Å². The van der Waals surface area contributed by atoms with Gasteiger partial charge in [-0.1, -0.05) is 12.1 Å². The van der Waals surface area contributed by atoms with Crippen LogP contribution in [0.3, 0.4) is 0 Å². The molecule has 2 N–H and O–H groups in total. The molecule has 0 heterocycles. The normalized spacial score (nSPS) is 13.4. The number of aliphatic hydroxyl groups excluding tert-OH is 1. The summed E-state index contributed by atoms with van der Waals surface area (Å²) >= 11 is 0. The summed E-state index contributed by atoms with van der Waals surface area (Å²) in [5, 5.41) is 8.00. The molecular weight excluding hydrogens is 242 g/mol. The van der Waals surface area contributed by atoms with Crippen molar-refractivity contribution in [3.8, 4) is 5.75 Å². The third kappa shape index (κ3) is 3.99. The number of aliphatic hydroxyl groups is 1. The maximum absolute atomic E-state index is 11.6. The molecule has 0 saturated heterocycles. The molecule has 0 aliphatic carbocycles. The van der Waals surface area contributed by atoms with Gasteiger partial charge in [-0.25, -0.2) is 13.1 Å². The van der Waals surface area contributed by atoms with Crippen molar-refractivity contribution in [1.29, 1.82) is 0 Å². The Bertz CT molecular complexity index is 441. The molecule has 1 rings (SSSR count). The Morgan fingerprint density at radius 1 is 1.35 bits per heavy atom. The van der Waals surface area contributed by atoms with E-state index in [1.165, 1.54) is 6.92 Å². The van der Waals surface area contributed by atoms with Crippen LogP contribution in [0, 0.1) is 0 Å². The first-order chi connectivity index (χ1) is 7.99. The van der Waals surface area contributed by atoms with Gasteiger partial charge in [0.25, 0.3) is 0 Å². The molecular formula is C11H17NO4S. The van der Waals surface area contributed by atoms with Crippen molar-refractivity contribution >= 4 is 10.0 Å². The van der Waals surface area contributed by atoms with Crippen molar-refractivity contribution < 1.29 is 18.3 Å². The summed E-state index contributed by atoms with van der Waals surface area (Å²) in [7, 11) is -1.89.